The number of hydrogen-bond acceptors (Lipinski definition) is 2. The molecule has 0 saturated carbocycles. The Kier molecular flexibility index (Phi) is 2.83. The highest BCUT2D eigenvalue weighted by Crippen LogP contribution is 2.20. The minimum atomic E-state index is -0.435. The van der Waals surface area contributed by atoms with Crippen LogP contribution in [0.2, 0.25) is 0 Å². The molecular weight excluding hydrogens is 209 g/mol. The Bertz CT molecular complexity index is 543. The molecule has 4 heteroatoms. The highest BCUT2D eigenvalue weighted by atomic mass is 19.1. The molecule has 3 nitrogen and oxygen atoms in total. The van der Waals surface area contributed by atoms with Crippen LogP contribution in [0.25, 0.3) is 11.1 Å². The van der Waals surface area contributed by atoms with E-state index in [1.807, 2.05) is 0 Å². The van der Waals surface area contributed by atoms with Crippen LogP contribution in [0, 0.1) is 5.82 Å². The maximum Gasteiger partial charge on any atom is 0.247 e. The molecule has 0 bridgehead atoms. The lowest BCUT2D eigenvalue weighted by atomic mass is 10.0. The molecule has 1 aromatic carbocycles. The van der Waals surface area contributed by atoms with Gasteiger partial charge >= 0.3 is 0 Å². The summed E-state index contributed by atoms with van der Waals surface area (Å²) in [5.74, 6) is -0.435. The van der Waals surface area contributed by atoms with Crippen LogP contribution in [0.4, 0.5) is 4.39 Å². The van der Waals surface area contributed by atoms with Crippen LogP contribution in [0.3, 0.4) is 0 Å². The molecule has 1 heterocycles. The summed E-state index contributed by atoms with van der Waals surface area (Å²) >= 11 is 0. The molecule has 0 radical (unpaired) electrons. The maximum atomic E-state index is 13.1. The van der Waals surface area contributed by atoms with Gasteiger partial charge in [-0.3, -0.25) is 4.79 Å². The number of aromatic nitrogens is 1. The number of aliphatic hydroxyl groups is 1. The van der Waals surface area contributed by atoms with Crippen molar-refractivity contribution in [2.45, 2.75) is 6.61 Å². The number of H-pyrrole nitrogens is 1. The van der Waals surface area contributed by atoms with Crippen LogP contribution in [-0.2, 0) is 6.61 Å². The molecule has 0 aliphatic heterocycles. The van der Waals surface area contributed by atoms with Gasteiger partial charge < -0.3 is 10.1 Å². The zero-order valence-corrected chi connectivity index (χ0v) is 8.40. The monoisotopic (exact) mass is 219 g/mol. The van der Waals surface area contributed by atoms with E-state index in [0.29, 0.717) is 0 Å². The van der Waals surface area contributed by atoms with Crippen LogP contribution >= 0.6 is 0 Å². The van der Waals surface area contributed by atoms with Gasteiger partial charge in [-0.25, -0.2) is 4.39 Å². The molecule has 0 atom stereocenters. The van der Waals surface area contributed by atoms with Crippen LogP contribution in [0.1, 0.15) is 5.56 Å². The summed E-state index contributed by atoms with van der Waals surface area (Å²) in [5, 5.41) is 8.94. The summed E-state index contributed by atoms with van der Waals surface area (Å²) in [6.45, 7) is -0.344. The molecule has 82 valence electrons. The van der Waals surface area contributed by atoms with Crippen LogP contribution in [0.15, 0.2) is 41.3 Å². The van der Waals surface area contributed by atoms with Gasteiger partial charge in [0.1, 0.15) is 5.82 Å². The maximum absolute atomic E-state index is 13.1. The van der Waals surface area contributed by atoms with Crippen molar-refractivity contribution in [3.8, 4) is 11.1 Å². The fraction of sp³-hybridized carbons (Fsp3) is 0.0833. The number of hydrogen-bond donors (Lipinski definition) is 2. The van der Waals surface area contributed by atoms with Crippen molar-refractivity contribution in [2.24, 2.45) is 0 Å². The van der Waals surface area contributed by atoms with Gasteiger partial charge in [-0.2, -0.15) is 0 Å². The fourth-order valence-corrected chi connectivity index (χ4v) is 1.47. The predicted molar refractivity (Wildman–Crippen MR) is 58.4 cm³/mol. The lowest BCUT2D eigenvalue weighted by Crippen LogP contribution is -2.01. The summed E-state index contributed by atoms with van der Waals surface area (Å²) in [5.41, 5.74) is 1.58. The molecule has 0 amide bonds. The summed E-state index contributed by atoms with van der Waals surface area (Å²) in [4.78, 5) is 13.4. The largest absolute Gasteiger partial charge is 0.392 e. The SMILES string of the molecule is O=c1ccc(-c2ccc(F)c(CO)c2)c[nH]1. The van der Waals surface area contributed by atoms with Crippen molar-refractivity contribution in [3.63, 3.8) is 0 Å². The smallest absolute Gasteiger partial charge is 0.247 e. The van der Waals surface area contributed by atoms with E-state index in [0.717, 1.165) is 11.1 Å². The van der Waals surface area contributed by atoms with E-state index in [1.54, 1.807) is 24.4 Å². The van der Waals surface area contributed by atoms with Crippen molar-refractivity contribution >= 4 is 0 Å². The molecular formula is C12H10FNO2. The van der Waals surface area contributed by atoms with E-state index < -0.39 is 5.82 Å². The summed E-state index contributed by atoms with van der Waals surface area (Å²) in [6.07, 6.45) is 1.55. The number of nitrogens with one attached hydrogen (secondary N) is 1. The van der Waals surface area contributed by atoms with E-state index in [4.69, 9.17) is 5.11 Å². The molecule has 2 N–H and O–H groups in total. The Hall–Kier alpha value is -1.94. The Morgan fingerprint density at radius 1 is 1.19 bits per heavy atom. The van der Waals surface area contributed by atoms with Gasteiger partial charge in [0.05, 0.1) is 6.61 Å². The van der Waals surface area contributed by atoms with Crippen molar-refractivity contribution < 1.29 is 9.50 Å². The molecule has 0 spiro atoms. The minimum Gasteiger partial charge on any atom is -0.392 e. The van der Waals surface area contributed by atoms with Gasteiger partial charge in [0.15, 0.2) is 0 Å². The Morgan fingerprint density at radius 2 is 1.94 bits per heavy atom. The molecule has 2 aromatic rings. The average Bonchev–Trinajstić information content (AvgIpc) is 2.31. The van der Waals surface area contributed by atoms with Gasteiger partial charge in [0, 0.05) is 17.8 Å². The van der Waals surface area contributed by atoms with E-state index in [2.05, 4.69) is 4.98 Å². The first kappa shape index (κ1) is 10.6. The minimum absolute atomic E-state index is 0.187. The van der Waals surface area contributed by atoms with E-state index >= 15 is 0 Å². The summed E-state index contributed by atoms with van der Waals surface area (Å²) < 4.78 is 13.1. The van der Waals surface area contributed by atoms with Gasteiger partial charge in [0.2, 0.25) is 5.56 Å². The van der Waals surface area contributed by atoms with Crippen molar-refractivity contribution in [3.05, 3.63) is 58.3 Å². The quantitative estimate of drug-likeness (QED) is 0.807. The fourth-order valence-electron chi connectivity index (χ4n) is 1.47. The van der Waals surface area contributed by atoms with Crippen LogP contribution in [0.5, 0.6) is 0 Å². The lowest BCUT2D eigenvalue weighted by Gasteiger charge is -2.04. The van der Waals surface area contributed by atoms with Gasteiger partial charge in [-0.1, -0.05) is 6.07 Å². The van der Waals surface area contributed by atoms with Crippen molar-refractivity contribution in [1.82, 2.24) is 4.98 Å². The molecule has 0 aliphatic rings. The van der Waals surface area contributed by atoms with Crippen LogP contribution < -0.4 is 5.56 Å². The third-order valence-corrected chi connectivity index (χ3v) is 2.33. The second kappa shape index (κ2) is 4.28. The molecule has 2 rings (SSSR count). The Labute approximate surface area is 91.2 Å². The van der Waals surface area contributed by atoms with Crippen molar-refractivity contribution in [2.75, 3.05) is 0 Å². The number of aliphatic hydroxyl groups excluding tert-OH is 1. The average molecular weight is 219 g/mol. The van der Waals surface area contributed by atoms with Gasteiger partial charge in [-0.15, -0.1) is 0 Å². The third kappa shape index (κ3) is 2.01. The topological polar surface area (TPSA) is 53.1 Å². The second-order valence-corrected chi connectivity index (χ2v) is 3.41. The summed E-state index contributed by atoms with van der Waals surface area (Å²) in [6, 6.07) is 7.50. The van der Waals surface area contributed by atoms with Gasteiger partial charge in [-0.05, 0) is 29.3 Å². The standard InChI is InChI=1S/C12H10FNO2/c13-11-3-1-8(5-10(11)7-15)9-2-4-12(16)14-6-9/h1-6,15H,7H2,(H,14,16). The second-order valence-electron chi connectivity index (χ2n) is 3.41. The third-order valence-electron chi connectivity index (χ3n) is 2.33. The molecule has 0 saturated heterocycles. The van der Waals surface area contributed by atoms with E-state index in [9.17, 15) is 9.18 Å². The van der Waals surface area contributed by atoms with Crippen LogP contribution in [-0.4, -0.2) is 10.1 Å². The number of benzene rings is 1. The normalized spacial score (nSPS) is 10.4. The number of halogens is 1. The number of aromatic amines is 1. The first-order valence-corrected chi connectivity index (χ1v) is 4.79. The highest BCUT2D eigenvalue weighted by Gasteiger charge is 2.04. The molecule has 0 fully saturated rings. The number of pyridine rings is 1. The molecule has 1 aromatic heterocycles. The van der Waals surface area contributed by atoms with E-state index in [1.165, 1.54) is 12.1 Å². The molecule has 0 aliphatic carbocycles. The zero-order chi connectivity index (χ0) is 11.5. The molecule has 0 unspecified atom stereocenters. The molecule has 16 heavy (non-hydrogen) atoms. The first-order chi connectivity index (χ1) is 7.70. The Morgan fingerprint density at radius 3 is 2.56 bits per heavy atom. The Balaban J connectivity index is 2.48. The predicted octanol–water partition coefficient (Wildman–Crippen LogP) is 1.67. The van der Waals surface area contributed by atoms with Crippen molar-refractivity contribution in [1.29, 1.82) is 0 Å². The lowest BCUT2D eigenvalue weighted by molar-refractivity contribution is 0.276. The zero-order valence-electron chi connectivity index (χ0n) is 8.40. The van der Waals surface area contributed by atoms with Gasteiger partial charge in [0.25, 0.3) is 0 Å². The highest BCUT2D eigenvalue weighted by molar-refractivity contribution is 5.63. The summed E-state index contributed by atoms with van der Waals surface area (Å²) in [7, 11) is 0. The first-order valence-electron chi connectivity index (χ1n) is 4.79. The number of rotatable bonds is 2. The van der Waals surface area contributed by atoms with E-state index in [-0.39, 0.29) is 17.7 Å².